The summed E-state index contributed by atoms with van der Waals surface area (Å²) in [6.07, 6.45) is 0. The number of hydrogen-bond donors (Lipinski definition) is 1. The van der Waals surface area contributed by atoms with Crippen molar-refractivity contribution in [2.75, 3.05) is 25.5 Å². The normalized spacial score (nSPS) is 10.3. The number of methoxy groups -OCH3 is 1. The third kappa shape index (κ3) is 4.33. The number of para-hydroxylation sites is 1. The molecule has 0 aliphatic carbocycles. The molecule has 0 aliphatic heterocycles. The fourth-order valence-corrected chi connectivity index (χ4v) is 2.28. The molecule has 0 aliphatic rings. The molecular formula is C18H17F3N2O3. The van der Waals surface area contributed by atoms with Gasteiger partial charge in [-0.2, -0.15) is 0 Å². The monoisotopic (exact) mass is 366 g/mol. The summed E-state index contributed by atoms with van der Waals surface area (Å²) < 4.78 is 45.7. The summed E-state index contributed by atoms with van der Waals surface area (Å²) in [5.41, 5.74) is -0.563. The zero-order valence-corrected chi connectivity index (χ0v) is 14.2. The van der Waals surface area contributed by atoms with E-state index in [0.29, 0.717) is 0 Å². The number of amides is 2. The lowest BCUT2D eigenvalue weighted by molar-refractivity contribution is -0.116. The quantitative estimate of drug-likeness (QED) is 0.854. The lowest BCUT2D eigenvalue weighted by Gasteiger charge is -2.21. The average molecular weight is 366 g/mol. The van der Waals surface area contributed by atoms with E-state index < -0.39 is 41.5 Å². The van der Waals surface area contributed by atoms with E-state index >= 15 is 0 Å². The van der Waals surface area contributed by atoms with E-state index in [1.54, 1.807) is 6.92 Å². The van der Waals surface area contributed by atoms with E-state index in [-0.39, 0.29) is 17.9 Å². The number of carbonyl (C=O) groups excluding carboxylic acids is 2. The van der Waals surface area contributed by atoms with Gasteiger partial charge in [-0.15, -0.1) is 0 Å². The van der Waals surface area contributed by atoms with Crippen molar-refractivity contribution in [3.05, 3.63) is 59.4 Å². The van der Waals surface area contributed by atoms with Crippen LogP contribution in [0.5, 0.6) is 5.75 Å². The van der Waals surface area contributed by atoms with E-state index in [0.717, 1.165) is 23.1 Å². The third-order valence-electron chi connectivity index (χ3n) is 3.63. The second kappa shape index (κ2) is 8.37. The molecule has 0 atom stereocenters. The Morgan fingerprint density at radius 2 is 1.73 bits per heavy atom. The summed E-state index contributed by atoms with van der Waals surface area (Å²) in [5.74, 6) is -3.96. The Bertz CT molecular complexity index is 807. The van der Waals surface area contributed by atoms with Crippen LogP contribution < -0.4 is 10.1 Å². The number of nitrogens with zero attached hydrogens (tertiary/aromatic N) is 1. The highest BCUT2D eigenvalue weighted by atomic mass is 19.1. The van der Waals surface area contributed by atoms with Crippen LogP contribution in [0, 0.1) is 17.5 Å². The van der Waals surface area contributed by atoms with Crippen molar-refractivity contribution in [1.29, 1.82) is 0 Å². The maximum absolute atomic E-state index is 13.8. The van der Waals surface area contributed by atoms with E-state index in [4.69, 9.17) is 4.74 Å². The van der Waals surface area contributed by atoms with Crippen molar-refractivity contribution in [3.63, 3.8) is 0 Å². The van der Waals surface area contributed by atoms with Crippen molar-refractivity contribution in [2.45, 2.75) is 6.92 Å². The molecule has 0 saturated carbocycles. The minimum absolute atomic E-state index is 0.0163. The molecule has 5 nitrogen and oxygen atoms in total. The molecule has 0 radical (unpaired) electrons. The maximum Gasteiger partial charge on any atom is 0.254 e. The minimum Gasteiger partial charge on any atom is -0.494 e. The molecule has 0 fully saturated rings. The van der Waals surface area contributed by atoms with Gasteiger partial charge in [0.25, 0.3) is 5.91 Å². The van der Waals surface area contributed by atoms with Crippen molar-refractivity contribution in [1.82, 2.24) is 4.90 Å². The predicted octanol–water partition coefficient (Wildman–Crippen LogP) is 3.21. The van der Waals surface area contributed by atoms with Gasteiger partial charge in [-0.25, -0.2) is 13.2 Å². The van der Waals surface area contributed by atoms with E-state index in [1.807, 2.05) is 0 Å². The Hall–Kier alpha value is -3.03. The van der Waals surface area contributed by atoms with Gasteiger partial charge in [0.05, 0.1) is 7.11 Å². The fourth-order valence-electron chi connectivity index (χ4n) is 2.28. The van der Waals surface area contributed by atoms with Crippen LogP contribution in [-0.2, 0) is 4.79 Å². The summed E-state index contributed by atoms with van der Waals surface area (Å²) in [7, 11) is 1.30. The Balaban J connectivity index is 2.12. The van der Waals surface area contributed by atoms with E-state index in [2.05, 4.69) is 5.32 Å². The summed E-state index contributed by atoms with van der Waals surface area (Å²) in [6.45, 7) is 1.31. The van der Waals surface area contributed by atoms with Gasteiger partial charge in [-0.05, 0) is 37.3 Å². The SMILES string of the molecule is CCN(CC(=O)Nc1c(F)cccc1F)C(=O)c1ccc(OC)c(F)c1. The predicted molar refractivity (Wildman–Crippen MR) is 89.5 cm³/mol. The summed E-state index contributed by atoms with van der Waals surface area (Å²) in [5, 5.41) is 2.10. The summed E-state index contributed by atoms with van der Waals surface area (Å²) in [6, 6.07) is 6.83. The average Bonchev–Trinajstić information content (AvgIpc) is 2.62. The largest absolute Gasteiger partial charge is 0.494 e. The highest BCUT2D eigenvalue weighted by Crippen LogP contribution is 2.20. The van der Waals surface area contributed by atoms with Gasteiger partial charge < -0.3 is 15.0 Å². The van der Waals surface area contributed by atoms with Crippen LogP contribution in [0.3, 0.4) is 0 Å². The van der Waals surface area contributed by atoms with Gasteiger partial charge >= 0.3 is 0 Å². The number of nitrogens with one attached hydrogen (secondary N) is 1. The lowest BCUT2D eigenvalue weighted by atomic mass is 10.1. The standard InChI is InChI=1S/C18H17F3N2O3/c1-3-23(18(25)11-7-8-15(26-2)14(21)9-11)10-16(24)22-17-12(19)5-4-6-13(17)20/h4-9H,3,10H2,1-2H3,(H,22,24). The molecular weight excluding hydrogens is 349 g/mol. The first-order valence-corrected chi connectivity index (χ1v) is 7.74. The first kappa shape index (κ1) is 19.3. The Morgan fingerprint density at radius 3 is 2.27 bits per heavy atom. The molecule has 0 bridgehead atoms. The van der Waals surface area contributed by atoms with Crippen LogP contribution >= 0.6 is 0 Å². The second-order valence-electron chi connectivity index (χ2n) is 5.31. The van der Waals surface area contributed by atoms with Crippen LogP contribution in [0.25, 0.3) is 0 Å². The van der Waals surface area contributed by atoms with E-state index in [1.165, 1.54) is 25.3 Å². The molecule has 0 spiro atoms. The van der Waals surface area contributed by atoms with Gasteiger partial charge in [0, 0.05) is 12.1 Å². The first-order valence-electron chi connectivity index (χ1n) is 7.74. The number of carbonyl (C=O) groups is 2. The summed E-state index contributed by atoms with van der Waals surface area (Å²) in [4.78, 5) is 25.6. The lowest BCUT2D eigenvalue weighted by Crippen LogP contribution is -2.38. The number of rotatable bonds is 6. The zero-order chi connectivity index (χ0) is 19.3. The molecule has 2 rings (SSSR count). The Kier molecular flexibility index (Phi) is 6.21. The molecule has 138 valence electrons. The molecule has 0 saturated heterocycles. The number of ether oxygens (including phenoxy) is 1. The number of hydrogen-bond acceptors (Lipinski definition) is 3. The van der Waals surface area contributed by atoms with Crippen molar-refractivity contribution >= 4 is 17.5 Å². The number of benzene rings is 2. The highest BCUT2D eigenvalue weighted by Gasteiger charge is 2.20. The maximum atomic E-state index is 13.8. The molecule has 2 amide bonds. The Labute approximate surface area is 148 Å². The zero-order valence-electron chi connectivity index (χ0n) is 14.2. The van der Waals surface area contributed by atoms with Crippen LogP contribution in [-0.4, -0.2) is 36.9 Å². The molecule has 1 N–H and O–H groups in total. The molecule has 2 aromatic rings. The highest BCUT2D eigenvalue weighted by molar-refractivity contribution is 5.99. The molecule has 2 aromatic carbocycles. The number of halogens is 3. The van der Waals surface area contributed by atoms with Gasteiger partial charge in [0.15, 0.2) is 11.6 Å². The van der Waals surface area contributed by atoms with Crippen LogP contribution in [0.15, 0.2) is 36.4 Å². The molecule has 0 aromatic heterocycles. The van der Waals surface area contributed by atoms with E-state index in [9.17, 15) is 22.8 Å². The molecule has 26 heavy (non-hydrogen) atoms. The minimum atomic E-state index is -0.926. The Morgan fingerprint density at radius 1 is 1.08 bits per heavy atom. The topological polar surface area (TPSA) is 58.6 Å². The van der Waals surface area contributed by atoms with Gasteiger partial charge in [-0.3, -0.25) is 9.59 Å². The first-order chi connectivity index (χ1) is 12.4. The molecule has 0 heterocycles. The van der Waals surface area contributed by atoms with Crippen LogP contribution in [0.1, 0.15) is 17.3 Å². The van der Waals surface area contributed by atoms with Crippen molar-refractivity contribution in [2.24, 2.45) is 0 Å². The second-order valence-corrected chi connectivity index (χ2v) is 5.31. The van der Waals surface area contributed by atoms with Gasteiger partial charge in [-0.1, -0.05) is 6.07 Å². The molecule has 8 heteroatoms. The smallest absolute Gasteiger partial charge is 0.254 e. The van der Waals surface area contributed by atoms with Gasteiger partial charge in [0.2, 0.25) is 5.91 Å². The van der Waals surface area contributed by atoms with Crippen LogP contribution in [0.2, 0.25) is 0 Å². The fraction of sp³-hybridized carbons (Fsp3) is 0.222. The summed E-state index contributed by atoms with van der Waals surface area (Å²) >= 11 is 0. The third-order valence-corrected chi connectivity index (χ3v) is 3.63. The van der Waals surface area contributed by atoms with Crippen molar-refractivity contribution < 1.29 is 27.5 Å². The van der Waals surface area contributed by atoms with Crippen LogP contribution in [0.4, 0.5) is 18.9 Å². The van der Waals surface area contributed by atoms with Gasteiger partial charge in [0.1, 0.15) is 23.9 Å². The molecule has 0 unspecified atom stereocenters. The number of anilines is 1. The number of likely N-dealkylation sites (N-methyl/N-ethyl adjacent to an activating group) is 1. The van der Waals surface area contributed by atoms with Crippen molar-refractivity contribution in [3.8, 4) is 5.75 Å².